The zero-order chi connectivity index (χ0) is 4.24. The van der Waals surface area contributed by atoms with E-state index in [4.69, 9.17) is 0 Å². The molecule has 0 saturated heterocycles. The largest absolute Gasteiger partial charge is 0.412 e. The minimum Gasteiger partial charge on any atom is -0.412 e. The SMILES string of the molecule is O.[Ni].[c-]1ccccc1. The first-order valence-corrected chi connectivity index (χ1v) is 1.91. The zero-order valence-electron chi connectivity index (χ0n) is 4.20. The molecule has 0 spiro atoms. The molecular formula is C6H7NiO-. The third-order valence-corrected chi connectivity index (χ3v) is 0.607. The minimum atomic E-state index is 0. The first-order chi connectivity index (χ1) is 3.00. The Kier molecular flexibility index (Phi) is 8.86. The third-order valence-electron chi connectivity index (χ3n) is 0.607. The predicted octanol–water partition coefficient (Wildman–Crippen LogP) is 0.660. The van der Waals surface area contributed by atoms with E-state index in [-0.39, 0.29) is 22.0 Å². The van der Waals surface area contributed by atoms with Crippen LogP contribution in [0.15, 0.2) is 30.3 Å². The molecular weight excluding hydrogens is 147 g/mol. The van der Waals surface area contributed by atoms with Gasteiger partial charge in [-0.1, -0.05) is 0 Å². The van der Waals surface area contributed by atoms with Crippen molar-refractivity contribution >= 4 is 0 Å². The number of hydrogen-bond donors (Lipinski definition) is 0. The van der Waals surface area contributed by atoms with E-state index in [1.807, 2.05) is 30.3 Å². The molecule has 0 bridgehead atoms. The molecule has 2 N–H and O–H groups in total. The maximum atomic E-state index is 2.89. The van der Waals surface area contributed by atoms with E-state index in [1.165, 1.54) is 0 Å². The number of hydrogen-bond acceptors (Lipinski definition) is 0. The summed E-state index contributed by atoms with van der Waals surface area (Å²) < 4.78 is 0. The Labute approximate surface area is 59.0 Å². The molecule has 0 fully saturated rings. The Bertz CT molecular complexity index is 80.5. The van der Waals surface area contributed by atoms with Gasteiger partial charge in [0, 0.05) is 16.5 Å². The molecule has 48 valence electrons. The normalized spacial score (nSPS) is 6.00. The summed E-state index contributed by atoms with van der Waals surface area (Å²) in [4.78, 5) is 0. The molecule has 1 nitrogen and oxygen atoms in total. The van der Waals surface area contributed by atoms with Crippen molar-refractivity contribution in [2.45, 2.75) is 0 Å². The summed E-state index contributed by atoms with van der Waals surface area (Å²) in [6.07, 6.45) is 0. The summed E-state index contributed by atoms with van der Waals surface area (Å²) in [5.74, 6) is 0. The van der Waals surface area contributed by atoms with Gasteiger partial charge in [-0.3, -0.25) is 0 Å². The van der Waals surface area contributed by atoms with Crippen LogP contribution >= 0.6 is 0 Å². The molecule has 0 radical (unpaired) electrons. The summed E-state index contributed by atoms with van der Waals surface area (Å²) in [6.45, 7) is 0. The standard InChI is InChI=1S/C6H5.Ni.H2O/c1-2-4-6-5-3-1;;/h1-5H;;1H2/q-1;;. The van der Waals surface area contributed by atoms with Gasteiger partial charge >= 0.3 is 0 Å². The van der Waals surface area contributed by atoms with Gasteiger partial charge in [-0.05, 0) is 0 Å². The van der Waals surface area contributed by atoms with Gasteiger partial charge in [-0.15, -0.1) is 0 Å². The van der Waals surface area contributed by atoms with Gasteiger partial charge in [0.15, 0.2) is 0 Å². The molecule has 1 rings (SSSR count). The van der Waals surface area contributed by atoms with Crippen LogP contribution in [0.5, 0.6) is 0 Å². The van der Waals surface area contributed by atoms with E-state index >= 15 is 0 Å². The second kappa shape index (κ2) is 6.67. The van der Waals surface area contributed by atoms with Crippen molar-refractivity contribution in [1.29, 1.82) is 0 Å². The maximum absolute atomic E-state index is 2.89. The molecule has 0 heterocycles. The van der Waals surface area contributed by atoms with Crippen LogP contribution in [0.2, 0.25) is 0 Å². The molecule has 1 aromatic carbocycles. The summed E-state index contributed by atoms with van der Waals surface area (Å²) in [7, 11) is 0. The van der Waals surface area contributed by atoms with Crippen LogP contribution in [0.4, 0.5) is 0 Å². The number of benzene rings is 1. The molecule has 8 heavy (non-hydrogen) atoms. The third kappa shape index (κ3) is 3.85. The quantitative estimate of drug-likeness (QED) is 0.388. The van der Waals surface area contributed by atoms with Crippen LogP contribution in [0.1, 0.15) is 0 Å². The maximum Gasteiger partial charge on any atom is 0 e. The summed E-state index contributed by atoms with van der Waals surface area (Å²) in [6, 6.07) is 12.5. The van der Waals surface area contributed by atoms with Crippen molar-refractivity contribution in [2.75, 3.05) is 0 Å². The van der Waals surface area contributed by atoms with E-state index in [9.17, 15) is 0 Å². The van der Waals surface area contributed by atoms with Crippen LogP contribution in [-0.4, -0.2) is 5.48 Å². The minimum absolute atomic E-state index is 0. The van der Waals surface area contributed by atoms with Crippen molar-refractivity contribution in [1.82, 2.24) is 0 Å². The van der Waals surface area contributed by atoms with Gasteiger partial charge in [0.25, 0.3) is 0 Å². The molecule has 0 aliphatic heterocycles. The monoisotopic (exact) mass is 153 g/mol. The van der Waals surface area contributed by atoms with Gasteiger partial charge in [-0.25, -0.2) is 0 Å². The van der Waals surface area contributed by atoms with Crippen molar-refractivity contribution in [3.8, 4) is 0 Å². The van der Waals surface area contributed by atoms with Gasteiger partial charge in [0.1, 0.15) is 0 Å². The van der Waals surface area contributed by atoms with E-state index in [0.29, 0.717) is 0 Å². The first kappa shape index (κ1) is 10.6. The van der Waals surface area contributed by atoms with E-state index in [2.05, 4.69) is 6.07 Å². The second-order valence-electron chi connectivity index (χ2n) is 1.08. The van der Waals surface area contributed by atoms with E-state index in [0.717, 1.165) is 0 Å². The average molecular weight is 154 g/mol. The first-order valence-electron chi connectivity index (χ1n) is 1.91. The Morgan fingerprint density at radius 1 is 0.875 bits per heavy atom. The van der Waals surface area contributed by atoms with Gasteiger partial charge < -0.3 is 5.48 Å². The molecule has 0 aromatic heterocycles. The Hall–Kier alpha value is -0.326. The zero-order valence-corrected chi connectivity index (χ0v) is 5.19. The number of rotatable bonds is 0. The van der Waals surface area contributed by atoms with Crippen molar-refractivity contribution in [2.24, 2.45) is 0 Å². The smallest absolute Gasteiger partial charge is 0 e. The molecule has 0 saturated carbocycles. The molecule has 0 atom stereocenters. The average Bonchev–Trinajstić information content (AvgIpc) is 1.72. The van der Waals surface area contributed by atoms with E-state index in [1.54, 1.807) is 0 Å². The van der Waals surface area contributed by atoms with Crippen molar-refractivity contribution in [3.63, 3.8) is 0 Å². The summed E-state index contributed by atoms with van der Waals surface area (Å²) >= 11 is 0. The van der Waals surface area contributed by atoms with Crippen LogP contribution in [0, 0.1) is 6.07 Å². The molecule has 1 aromatic rings. The summed E-state index contributed by atoms with van der Waals surface area (Å²) in [5, 5.41) is 0. The van der Waals surface area contributed by atoms with Crippen molar-refractivity contribution < 1.29 is 22.0 Å². The van der Waals surface area contributed by atoms with Gasteiger partial charge in [-0.2, -0.15) is 36.4 Å². The topological polar surface area (TPSA) is 31.5 Å². The summed E-state index contributed by atoms with van der Waals surface area (Å²) in [5.41, 5.74) is 0. The fraction of sp³-hybridized carbons (Fsp3) is 0. The van der Waals surface area contributed by atoms with Crippen LogP contribution < -0.4 is 0 Å². The fourth-order valence-corrected chi connectivity index (χ4v) is 0.342. The molecule has 0 amide bonds. The van der Waals surface area contributed by atoms with Gasteiger partial charge in [0.05, 0.1) is 0 Å². The Morgan fingerprint density at radius 2 is 1.38 bits per heavy atom. The Morgan fingerprint density at radius 3 is 1.50 bits per heavy atom. The van der Waals surface area contributed by atoms with Crippen LogP contribution in [-0.2, 0) is 16.5 Å². The molecule has 0 unspecified atom stereocenters. The second-order valence-corrected chi connectivity index (χ2v) is 1.08. The van der Waals surface area contributed by atoms with Gasteiger partial charge in [0.2, 0.25) is 0 Å². The molecule has 0 aliphatic rings. The Balaban J connectivity index is 0. The molecule has 2 heteroatoms. The molecule has 0 aliphatic carbocycles. The fourth-order valence-electron chi connectivity index (χ4n) is 0.342. The van der Waals surface area contributed by atoms with E-state index < -0.39 is 0 Å². The predicted molar refractivity (Wildman–Crippen MR) is 28.9 cm³/mol. The van der Waals surface area contributed by atoms with Crippen LogP contribution in [0.3, 0.4) is 0 Å². The van der Waals surface area contributed by atoms with Crippen molar-refractivity contribution in [3.05, 3.63) is 36.4 Å². The van der Waals surface area contributed by atoms with Crippen LogP contribution in [0.25, 0.3) is 0 Å².